The summed E-state index contributed by atoms with van der Waals surface area (Å²) in [5.74, 6) is 6.24. The second-order valence-corrected chi connectivity index (χ2v) is 4.92. The molecule has 21 heavy (non-hydrogen) atoms. The fraction of sp³-hybridized carbons (Fsp3) is 0.471. The molecule has 3 N–H and O–H groups in total. The van der Waals surface area contributed by atoms with Gasteiger partial charge in [-0.25, -0.2) is 4.79 Å². The van der Waals surface area contributed by atoms with Crippen LogP contribution < -0.4 is 5.32 Å². The van der Waals surface area contributed by atoms with Gasteiger partial charge in [0, 0.05) is 18.5 Å². The second kappa shape index (κ2) is 9.84. The number of aliphatic hydroxyl groups is 1. The van der Waals surface area contributed by atoms with E-state index in [9.17, 15) is 9.90 Å². The third kappa shape index (κ3) is 7.38. The van der Waals surface area contributed by atoms with Gasteiger partial charge in [0.1, 0.15) is 0 Å². The van der Waals surface area contributed by atoms with Crippen LogP contribution in [0.1, 0.15) is 56.3 Å². The first-order valence-corrected chi connectivity index (χ1v) is 7.37. The summed E-state index contributed by atoms with van der Waals surface area (Å²) < 4.78 is 0. The zero-order chi connectivity index (χ0) is 15.5. The van der Waals surface area contributed by atoms with E-state index in [2.05, 4.69) is 24.1 Å². The van der Waals surface area contributed by atoms with Crippen LogP contribution in [-0.4, -0.2) is 22.9 Å². The van der Waals surface area contributed by atoms with Gasteiger partial charge in [0.2, 0.25) is 0 Å². The summed E-state index contributed by atoms with van der Waals surface area (Å²) in [5.41, 5.74) is 1.65. The Kier molecular flexibility index (Phi) is 8.00. The Labute approximate surface area is 126 Å². The fourth-order valence-electron chi connectivity index (χ4n) is 1.93. The van der Waals surface area contributed by atoms with Crippen molar-refractivity contribution in [3.63, 3.8) is 0 Å². The van der Waals surface area contributed by atoms with Crippen molar-refractivity contribution in [2.45, 2.75) is 45.1 Å². The van der Waals surface area contributed by atoms with Crippen LogP contribution in [0.4, 0.5) is 4.79 Å². The maximum absolute atomic E-state index is 10.4. The van der Waals surface area contributed by atoms with E-state index >= 15 is 0 Å². The quantitative estimate of drug-likeness (QED) is 0.533. The lowest BCUT2D eigenvalue weighted by molar-refractivity contribution is 0.162. The minimum atomic E-state index is -1.08. The molecule has 1 unspecified atom stereocenters. The molecule has 0 radical (unpaired) electrons. The zero-order valence-electron chi connectivity index (χ0n) is 12.4. The van der Waals surface area contributed by atoms with Crippen LogP contribution in [0.25, 0.3) is 0 Å². The summed E-state index contributed by atoms with van der Waals surface area (Å²) in [5, 5.41) is 20.8. The number of hydrogen-bond donors (Lipinski definition) is 3. The number of carbonyl (C=O) groups is 1. The lowest BCUT2D eigenvalue weighted by Gasteiger charge is -2.11. The van der Waals surface area contributed by atoms with Gasteiger partial charge in [-0.2, -0.15) is 0 Å². The van der Waals surface area contributed by atoms with Crippen LogP contribution in [0.2, 0.25) is 0 Å². The molecule has 0 bridgehead atoms. The van der Waals surface area contributed by atoms with Gasteiger partial charge in [-0.15, -0.1) is 0 Å². The van der Waals surface area contributed by atoms with Crippen molar-refractivity contribution in [2.24, 2.45) is 0 Å². The number of unbranched alkanes of at least 4 members (excludes halogenated alkanes) is 3. The Balaban J connectivity index is 2.52. The lowest BCUT2D eigenvalue weighted by atomic mass is 10.0. The SMILES string of the molecule is CCCCCC#Cc1cccc(C(O)CCNC(=O)O)c1. The molecule has 0 spiro atoms. The molecule has 1 rings (SSSR count). The molecule has 0 saturated carbocycles. The molecule has 0 aliphatic carbocycles. The first-order chi connectivity index (χ1) is 10.1. The highest BCUT2D eigenvalue weighted by molar-refractivity contribution is 5.64. The van der Waals surface area contributed by atoms with E-state index in [0.29, 0.717) is 6.42 Å². The minimum Gasteiger partial charge on any atom is -0.465 e. The molecule has 1 amide bonds. The van der Waals surface area contributed by atoms with Crippen molar-refractivity contribution < 1.29 is 15.0 Å². The van der Waals surface area contributed by atoms with Gasteiger partial charge in [0.25, 0.3) is 0 Å². The van der Waals surface area contributed by atoms with Gasteiger partial charge < -0.3 is 15.5 Å². The van der Waals surface area contributed by atoms with E-state index < -0.39 is 12.2 Å². The fourth-order valence-corrected chi connectivity index (χ4v) is 1.93. The first kappa shape index (κ1) is 17.1. The largest absolute Gasteiger partial charge is 0.465 e. The Morgan fingerprint density at radius 2 is 2.19 bits per heavy atom. The Bertz CT molecular complexity index is 502. The summed E-state index contributed by atoms with van der Waals surface area (Å²) in [4.78, 5) is 10.4. The summed E-state index contributed by atoms with van der Waals surface area (Å²) in [6.07, 6.45) is 2.99. The molecular formula is C17H23NO3. The summed E-state index contributed by atoms with van der Waals surface area (Å²) in [7, 11) is 0. The smallest absolute Gasteiger partial charge is 0.404 e. The van der Waals surface area contributed by atoms with Crippen LogP contribution in [0, 0.1) is 11.8 Å². The summed E-state index contributed by atoms with van der Waals surface area (Å²) in [6.45, 7) is 2.39. The van der Waals surface area contributed by atoms with E-state index in [1.807, 2.05) is 24.3 Å². The molecule has 0 fully saturated rings. The Hall–Kier alpha value is -1.99. The predicted octanol–water partition coefficient (Wildman–Crippen LogP) is 3.31. The van der Waals surface area contributed by atoms with Crippen LogP contribution in [0.15, 0.2) is 24.3 Å². The molecule has 4 nitrogen and oxygen atoms in total. The number of carboxylic acid groups (broad SMARTS) is 1. The molecule has 114 valence electrons. The van der Waals surface area contributed by atoms with Gasteiger partial charge in [-0.1, -0.05) is 43.7 Å². The summed E-state index contributed by atoms with van der Waals surface area (Å²) in [6, 6.07) is 7.46. The van der Waals surface area contributed by atoms with Crippen LogP contribution in [0.3, 0.4) is 0 Å². The number of hydrogen-bond acceptors (Lipinski definition) is 2. The van der Waals surface area contributed by atoms with Crippen LogP contribution >= 0.6 is 0 Å². The Morgan fingerprint density at radius 3 is 2.90 bits per heavy atom. The van der Waals surface area contributed by atoms with Gasteiger partial charge in [0.05, 0.1) is 6.10 Å². The van der Waals surface area contributed by atoms with Gasteiger partial charge in [0.15, 0.2) is 0 Å². The highest BCUT2D eigenvalue weighted by Crippen LogP contribution is 2.17. The minimum absolute atomic E-state index is 0.226. The molecule has 0 saturated heterocycles. The standard InChI is InChI=1S/C17H23NO3/c1-2-3-4-5-6-8-14-9-7-10-15(13-14)16(19)11-12-18-17(20)21/h7,9-10,13,16,18-19H,2-5,11-12H2,1H3,(H,20,21). The van der Waals surface area contributed by atoms with Gasteiger partial charge in [-0.3, -0.25) is 0 Å². The number of rotatable bonds is 7. The van der Waals surface area contributed by atoms with E-state index in [4.69, 9.17) is 5.11 Å². The van der Waals surface area contributed by atoms with Crippen molar-refractivity contribution in [2.75, 3.05) is 6.54 Å². The van der Waals surface area contributed by atoms with Gasteiger partial charge >= 0.3 is 6.09 Å². The van der Waals surface area contributed by atoms with Gasteiger partial charge in [-0.05, 0) is 30.5 Å². The average molecular weight is 289 g/mol. The predicted molar refractivity (Wildman–Crippen MR) is 83.1 cm³/mol. The normalized spacial score (nSPS) is 11.3. The molecule has 0 aliphatic rings. The van der Waals surface area contributed by atoms with Crippen LogP contribution in [0.5, 0.6) is 0 Å². The van der Waals surface area contributed by atoms with Crippen molar-refractivity contribution >= 4 is 6.09 Å². The van der Waals surface area contributed by atoms with E-state index in [-0.39, 0.29) is 6.54 Å². The van der Waals surface area contributed by atoms with E-state index in [1.54, 1.807) is 0 Å². The van der Waals surface area contributed by atoms with Crippen molar-refractivity contribution in [3.8, 4) is 11.8 Å². The number of amides is 1. The highest BCUT2D eigenvalue weighted by atomic mass is 16.4. The average Bonchev–Trinajstić information content (AvgIpc) is 2.47. The maximum atomic E-state index is 10.4. The molecule has 1 aromatic carbocycles. The summed E-state index contributed by atoms with van der Waals surface area (Å²) >= 11 is 0. The number of aliphatic hydroxyl groups excluding tert-OH is 1. The van der Waals surface area contributed by atoms with Crippen molar-refractivity contribution in [1.82, 2.24) is 5.32 Å². The molecule has 1 aromatic rings. The lowest BCUT2D eigenvalue weighted by Crippen LogP contribution is -2.23. The Morgan fingerprint density at radius 1 is 1.38 bits per heavy atom. The number of benzene rings is 1. The molecule has 0 heterocycles. The maximum Gasteiger partial charge on any atom is 0.404 e. The number of nitrogens with one attached hydrogen (secondary N) is 1. The third-order valence-corrected chi connectivity index (χ3v) is 3.10. The molecule has 0 aromatic heterocycles. The van der Waals surface area contributed by atoms with E-state index in [1.165, 1.54) is 12.8 Å². The first-order valence-electron chi connectivity index (χ1n) is 7.37. The van der Waals surface area contributed by atoms with Crippen molar-refractivity contribution in [1.29, 1.82) is 0 Å². The van der Waals surface area contributed by atoms with Crippen molar-refractivity contribution in [3.05, 3.63) is 35.4 Å². The van der Waals surface area contributed by atoms with E-state index in [0.717, 1.165) is 24.0 Å². The zero-order valence-corrected chi connectivity index (χ0v) is 12.4. The van der Waals surface area contributed by atoms with Crippen LogP contribution in [-0.2, 0) is 0 Å². The topological polar surface area (TPSA) is 69.6 Å². The molecule has 0 aliphatic heterocycles. The highest BCUT2D eigenvalue weighted by Gasteiger charge is 2.08. The second-order valence-electron chi connectivity index (χ2n) is 4.92. The molecule has 4 heteroatoms. The molecule has 1 atom stereocenters. The molecular weight excluding hydrogens is 266 g/mol. The monoisotopic (exact) mass is 289 g/mol. The third-order valence-electron chi connectivity index (χ3n) is 3.10.